The van der Waals surface area contributed by atoms with E-state index in [1.807, 2.05) is 23.7 Å². The van der Waals surface area contributed by atoms with Gasteiger partial charge in [0.05, 0.1) is 22.4 Å². The van der Waals surface area contributed by atoms with Crippen LogP contribution < -0.4 is 10.6 Å². The summed E-state index contributed by atoms with van der Waals surface area (Å²) in [5, 5.41) is 10.3. The van der Waals surface area contributed by atoms with Crippen molar-refractivity contribution < 1.29 is 0 Å². The lowest BCUT2D eigenvalue weighted by molar-refractivity contribution is 0.969. The zero-order valence-corrected chi connectivity index (χ0v) is 32.4. The van der Waals surface area contributed by atoms with E-state index in [4.69, 9.17) is 9.97 Å². The van der Waals surface area contributed by atoms with E-state index in [0.29, 0.717) is 5.82 Å². The van der Waals surface area contributed by atoms with Crippen molar-refractivity contribution in [1.29, 1.82) is 0 Å². The van der Waals surface area contributed by atoms with Gasteiger partial charge >= 0.3 is 0 Å². The van der Waals surface area contributed by atoms with E-state index in [-0.39, 0.29) is 0 Å². The molecule has 276 valence electrons. The topological polar surface area (TPSA) is 54.8 Å². The maximum atomic E-state index is 5.21. The molecule has 5 nitrogen and oxygen atoms in total. The number of fused-ring (bicyclic) bond motifs is 5. The van der Waals surface area contributed by atoms with Gasteiger partial charge in [-0.1, -0.05) is 133 Å². The van der Waals surface area contributed by atoms with Crippen molar-refractivity contribution in [3.63, 3.8) is 0 Å². The Bertz CT molecular complexity index is 3150. The highest BCUT2D eigenvalue weighted by Crippen LogP contribution is 2.49. The number of thiophene rings is 1. The number of hydrogen-bond donors (Lipinski definition) is 2. The highest BCUT2D eigenvalue weighted by atomic mass is 32.1. The number of nitrogens with zero attached hydrogens (tertiary/aromatic N) is 3. The first kappa shape index (κ1) is 34.0. The molecule has 2 aliphatic rings. The van der Waals surface area contributed by atoms with Gasteiger partial charge in [0.2, 0.25) is 0 Å². The van der Waals surface area contributed by atoms with Gasteiger partial charge in [0.25, 0.3) is 0 Å². The van der Waals surface area contributed by atoms with E-state index in [9.17, 15) is 0 Å². The average Bonchev–Trinajstić information content (AvgIpc) is 3.87. The molecule has 0 saturated heterocycles. The molecular weight excluding hydrogens is 727 g/mol. The van der Waals surface area contributed by atoms with Gasteiger partial charge in [-0.2, -0.15) is 0 Å². The average molecular weight is 764 g/mol. The van der Waals surface area contributed by atoms with Gasteiger partial charge in [0.1, 0.15) is 0 Å². The molecule has 2 N–H and O–H groups in total. The Balaban J connectivity index is 1.08. The number of benzene rings is 6. The van der Waals surface area contributed by atoms with Gasteiger partial charge in [0.15, 0.2) is 5.82 Å². The molecule has 0 spiro atoms. The second-order valence-corrected chi connectivity index (χ2v) is 15.6. The zero-order chi connectivity index (χ0) is 38.4. The van der Waals surface area contributed by atoms with Crippen LogP contribution in [0.5, 0.6) is 0 Å². The lowest BCUT2D eigenvalue weighted by Gasteiger charge is -2.14. The van der Waals surface area contributed by atoms with E-state index < -0.39 is 0 Å². The maximum Gasteiger partial charge on any atom is 0.160 e. The van der Waals surface area contributed by atoms with Gasteiger partial charge in [-0.25, -0.2) is 9.97 Å². The highest BCUT2D eigenvalue weighted by molar-refractivity contribution is 7.24. The number of rotatable bonds is 7. The Morgan fingerprint density at radius 1 is 0.500 bits per heavy atom. The van der Waals surface area contributed by atoms with Crippen LogP contribution >= 0.6 is 11.3 Å². The zero-order valence-electron chi connectivity index (χ0n) is 31.6. The summed E-state index contributed by atoms with van der Waals surface area (Å²) in [6.45, 7) is 1.57. The molecule has 5 heterocycles. The summed E-state index contributed by atoms with van der Waals surface area (Å²) in [4.78, 5) is 11.6. The third kappa shape index (κ3) is 5.94. The normalized spacial score (nSPS) is 13.7. The number of aromatic nitrogens is 3. The molecule has 6 heteroatoms. The smallest absolute Gasteiger partial charge is 0.160 e. The van der Waals surface area contributed by atoms with Crippen LogP contribution in [0.25, 0.3) is 92.8 Å². The summed E-state index contributed by atoms with van der Waals surface area (Å²) in [5.74, 6) is 0.712. The number of para-hydroxylation sites is 1. The van der Waals surface area contributed by atoms with Crippen LogP contribution in [0.4, 0.5) is 0 Å². The lowest BCUT2D eigenvalue weighted by atomic mass is 9.98. The number of dihydropyridines is 2. The predicted octanol–water partition coefficient (Wildman–Crippen LogP) is 12.5. The lowest BCUT2D eigenvalue weighted by Crippen LogP contribution is -2.10. The fourth-order valence-corrected chi connectivity index (χ4v) is 9.75. The minimum atomic E-state index is 0.712. The molecule has 6 aromatic carbocycles. The van der Waals surface area contributed by atoms with E-state index in [2.05, 4.69) is 191 Å². The molecule has 2 aliphatic heterocycles. The molecule has 0 bridgehead atoms. The summed E-state index contributed by atoms with van der Waals surface area (Å²) in [7, 11) is 0. The second-order valence-electron chi connectivity index (χ2n) is 14.6. The number of nitrogens with one attached hydrogen (secondary N) is 2. The van der Waals surface area contributed by atoms with Crippen molar-refractivity contribution in [3.8, 4) is 49.8 Å². The Kier molecular flexibility index (Phi) is 8.41. The van der Waals surface area contributed by atoms with Crippen LogP contribution in [0.15, 0.2) is 188 Å². The Hall–Kier alpha value is -7.28. The summed E-state index contributed by atoms with van der Waals surface area (Å²) >= 11 is 1.89. The fourth-order valence-electron chi connectivity index (χ4n) is 8.37. The minimum absolute atomic E-state index is 0.712. The standard InChI is InChI=1S/C52H37N5S/c1-3-10-37(11-4-1)48-43-22-23-47-49(51(43)58-50(48)38-12-5-2-6-13-38)42-16-7-8-17-46(42)57(47)41-15-9-14-40(32-41)45-33-44(55-52(56-45)39-26-30-54-31-27-39)36-20-18-34(19-21-36)35-24-28-53-29-25-35/h1-28,30,32-33,53-54H,29,31H2. The summed E-state index contributed by atoms with van der Waals surface area (Å²) in [6, 6.07) is 54.7. The summed E-state index contributed by atoms with van der Waals surface area (Å²) < 4.78 is 3.72. The number of hydrogen-bond acceptors (Lipinski definition) is 5. The Morgan fingerprint density at radius 2 is 1.16 bits per heavy atom. The number of allylic oxidation sites excluding steroid dienone is 4. The molecule has 3 aromatic heterocycles. The molecule has 0 unspecified atom stereocenters. The second kappa shape index (κ2) is 14.3. The molecule has 9 aromatic rings. The first-order chi connectivity index (χ1) is 28.8. The fraction of sp³-hybridized carbons (Fsp3) is 0.0385. The Morgan fingerprint density at radius 3 is 1.90 bits per heavy atom. The van der Waals surface area contributed by atoms with Crippen molar-refractivity contribution in [2.45, 2.75) is 0 Å². The molecule has 58 heavy (non-hydrogen) atoms. The van der Waals surface area contributed by atoms with Crippen molar-refractivity contribution in [2.24, 2.45) is 0 Å². The molecule has 0 radical (unpaired) electrons. The molecule has 0 fully saturated rings. The van der Waals surface area contributed by atoms with Gasteiger partial charge in [0, 0.05) is 66.8 Å². The largest absolute Gasteiger partial charge is 0.387 e. The monoisotopic (exact) mass is 763 g/mol. The van der Waals surface area contributed by atoms with Gasteiger partial charge in [-0.15, -0.1) is 11.3 Å². The van der Waals surface area contributed by atoms with Crippen molar-refractivity contribution in [2.75, 3.05) is 13.1 Å². The molecular formula is C52H37N5S. The highest BCUT2D eigenvalue weighted by Gasteiger charge is 2.22. The molecule has 0 aliphatic carbocycles. The van der Waals surface area contributed by atoms with E-state index in [1.165, 1.54) is 64.6 Å². The summed E-state index contributed by atoms with van der Waals surface area (Å²) in [6.07, 6.45) is 12.5. The van der Waals surface area contributed by atoms with Gasteiger partial charge in [-0.05, 0) is 77.1 Å². The van der Waals surface area contributed by atoms with Crippen LogP contribution in [0.1, 0.15) is 11.4 Å². The molecule has 0 amide bonds. The SMILES string of the molecule is C1=CC(c2ccc(-c3cc(-c4cccc(-n5c6ccccc6c6c7sc(-c8ccccc8)c(-c8ccccc8)c7ccc65)c4)nc(C4=CCNC=C4)n3)cc2)=CCN1. The van der Waals surface area contributed by atoms with Crippen molar-refractivity contribution in [3.05, 3.63) is 200 Å². The minimum Gasteiger partial charge on any atom is -0.387 e. The molecule has 0 saturated carbocycles. The van der Waals surface area contributed by atoms with Crippen LogP contribution in [0, 0.1) is 0 Å². The van der Waals surface area contributed by atoms with Crippen LogP contribution in [-0.4, -0.2) is 27.6 Å². The van der Waals surface area contributed by atoms with Crippen LogP contribution in [-0.2, 0) is 0 Å². The molecule has 0 atom stereocenters. The van der Waals surface area contributed by atoms with Crippen LogP contribution in [0.3, 0.4) is 0 Å². The summed E-state index contributed by atoms with van der Waals surface area (Å²) in [5.41, 5.74) is 14.4. The third-order valence-corrected chi connectivity index (χ3v) is 12.4. The Labute approximate surface area is 340 Å². The first-order valence-corrected chi connectivity index (χ1v) is 20.5. The van der Waals surface area contributed by atoms with Gasteiger partial charge in [-0.3, -0.25) is 0 Å². The van der Waals surface area contributed by atoms with Crippen molar-refractivity contribution >= 4 is 54.4 Å². The predicted molar refractivity (Wildman–Crippen MR) is 244 cm³/mol. The first-order valence-electron chi connectivity index (χ1n) is 19.7. The molecule has 11 rings (SSSR count). The van der Waals surface area contributed by atoms with E-state index >= 15 is 0 Å². The van der Waals surface area contributed by atoms with E-state index in [1.54, 1.807) is 0 Å². The van der Waals surface area contributed by atoms with Gasteiger partial charge < -0.3 is 15.2 Å². The van der Waals surface area contributed by atoms with Crippen LogP contribution in [0.2, 0.25) is 0 Å². The van der Waals surface area contributed by atoms with Crippen molar-refractivity contribution in [1.82, 2.24) is 25.2 Å². The quantitative estimate of drug-likeness (QED) is 0.170. The van der Waals surface area contributed by atoms with E-state index in [0.717, 1.165) is 46.9 Å². The maximum absolute atomic E-state index is 5.21. The third-order valence-electron chi connectivity index (χ3n) is 11.1.